The van der Waals surface area contributed by atoms with Crippen LogP contribution in [-0.2, 0) is 0 Å². The molecule has 0 rings (SSSR count). The molecule has 0 atom stereocenters. The van der Waals surface area contributed by atoms with Crippen LogP contribution in [0.15, 0.2) is 0 Å². The van der Waals surface area contributed by atoms with E-state index in [-0.39, 0.29) is 55.9 Å². The Bertz CT molecular complexity index is 37.9. The third kappa shape index (κ3) is 74.0. The zero-order valence-electron chi connectivity index (χ0n) is 4.38. The standard InChI is InChI=1S/CH2O3.La.Li.H/c2-1(3)4;;;/h(H2,2,3,4);;;/q;;+1;-1. The molecule has 3 nitrogen and oxygen atoms in total. The van der Waals surface area contributed by atoms with Crippen molar-refractivity contribution in [3.63, 3.8) is 0 Å². The number of carboxylic acid groups (broad SMARTS) is 2. The van der Waals surface area contributed by atoms with Gasteiger partial charge in [0.25, 0.3) is 0 Å². The monoisotopic (exact) mass is 209 g/mol. The van der Waals surface area contributed by atoms with E-state index in [1.807, 2.05) is 0 Å². The summed E-state index contributed by atoms with van der Waals surface area (Å²) >= 11 is 0. The quantitative estimate of drug-likeness (QED) is 0.428. The molecule has 0 aromatic carbocycles. The van der Waals surface area contributed by atoms with E-state index >= 15 is 0 Å². The van der Waals surface area contributed by atoms with Crippen molar-refractivity contribution in [2.75, 3.05) is 0 Å². The number of rotatable bonds is 0. The summed E-state index contributed by atoms with van der Waals surface area (Å²) < 4.78 is 0. The van der Waals surface area contributed by atoms with E-state index in [1.165, 1.54) is 0 Å². The van der Waals surface area contributed by atoms with Crippen LogP contribution < -0.4 is 18.9 Å². The average molecular weight is 209 g/mol. The molecule has 0 unspecified atom stereocenters. The first kappa shape index (κ1) is 15.7. The molecule has 0 aliphatic carbocycles. The Labute approximate surface area is 76.4 Å². The summed E-state index contributed by atoms with van der Waals surface area (Å²) in [5.41, 5.74) is 0. The molecule has 2 N–H and O–H groups in total. The number of carbonyl (C=O) groups is 1. The van der Waals surface area contributed by atoms with Crippen molar-refractivity contribution in [1.29, 1.82) is 0 Å². The normalized spacial score (nSPS) is 4.00. The first-order chi connectivity index (χ1) is 1.73. The van der Waals surface area contributed by atoms with Crippen LogP contribution in [0.3, 0.4) is 0 Å². The topological polar surface area (TPSA) is 57.5 Å². The molecule has 0 bridgehead atoms. The van der Waals surface area contributed by atoms with Crippen LogP contribution in [0.1, 0.15) is 1.43 Å². The Morgan fingerprint density at radius 1 is 1.50 bits per heavy atom. The van der Waals surface area contributed by atoms with E-state index < -0.39 is 6.16 Å². The summed E-state index contributed by atoms with van der Waals surface area (Å²) in [5, 5.41) is 13.9. The van der Waals surface area contributed by atoms with E-state index in [4.69, 9.17) is 15.0 Å². The summed E-state index contributed by atoms with van der Waals surface area (Å²) in [4.78, 5) is 8.56. The molecule has 0 heterocycles. The fourth-order valence-electron chi connectivity index (χ4n) is 0. The zero-order valence-corrected chi connectivity index (χ0v) is 7.01. The van der Waals surface area contributed by atoms with E-state index in [9.17, 15) is 0 Å². The molecule has 0 aliphatic heterocycles. The van der Waals surface area contributed by atoms with Crippen molar-refractivity contribution in [2.24, 2.45) is 0 Å². The van der Waals surface area contributed by atoms with E-state index in [0.717, 1.165) is 0 Å². The third-order valence-electron chi connectivity index (χ3n) is 0. The van der Waals surface area contributed by atoms with Gasteiger partial charge in [-0.05, 0) is 0 Å². The van der Waals surface area contributed by atoms with Gasteiger partial charge < -0.3 is 11.6 Å². The van der Waals surface area contributed by atoms with Crippen LogP contribution in [0.4, 0.5) is 4.79 Å². The van der Waals surface area contributed by atoms with Gasteiger partial charge in [0, 0.05) is 35.6 Å². The SMILES string of the molecule is O=C(O)O.[H-].[La].[Li+]. The minimum Gasteiger partial charge on any atom is -1.00 e. The fraction of sp³-hybridized carbons (Fsp3) is 0. The van der Waals surface area contributed by atoms with Gasteiger partial charge in [-0.25, -0.2) is 4.79 Å². The second-order valence-corrected chi connectivity index (χ2v) is 0.283. The average Bonchev–Trinajstić information content (AvgIpc) is 0.811. The number of hydrogen-bond acceptors (Lipinski definition) is 1. The Hall–Kier alpha value is 1.06. The molecule has 0 spiro atoms. The van der Waals surface area contributed by atoms with E-state index in [1.54, 1.807) is 0 Å². The van der Waals surface area contributed by atoms with Gasteiger partial charge >= 0.3 is 25.0 Å². The first-order valence-electron chi connectivity index (χ1n) is 0.651. The van der Waals surface area contributed by atoms with Gasteiger partial charge in [0.2, 0.25) is 0 Å². The summed E-state index contributed by atoms with van der Waals surface area (Å²) in [7, 11) is 0. The predicted octanol–water partition coefficient (Wildman–Crippen LogP) is -2.66. The van der Waals surface area contributed by atoms with Gasteiger partial charge in [0.1, 0.15) is 0 Å². The van der Waals surface area contributed by atoms with Gasteiger partial charge in [-0.1, -0.05) is 0 Å². The summed E-state index contributed by atoms with van der Waals surface area (Å²) in [6.45, 7) is 0. The summed E-state index contributed by atoms with van der Waals surface area (Å²) in [5.74, 6) is 0. The van der Waals surface area contributed by atoms with Crippen LogP contribution in [0.5, 0.6) is 0 Å². The maximum Gasteiger partial charge on any atom is 1.00 e. The van der Waals surface area contributed by atoms with Crippen molar-refractivity contribution in [3.8, 4) is 0 Å². The molecule has 0 aromatic rings. The molecule has 0 aromatic heterocycles. The van der Waals surface area contributed by atoms with Crippen molar-refractivity contribution < 1.29 is 70.9 Å². The van der Waals surface area contributed by atoms with Crippen LogP contribution >= 0.6 is 0 Å². The van der Waals surface area contributed by atoms with E-state index in [0.29, 0.717) is 0 Å². The maximum atomic E-state index is 8.56. The second-order valence-electron chi connectivity index (χ2n) is 0.283. The first-order valence-corrected chi connectivity index (χ1v) is 0.651. The van der Waals surface area contributed by atoms with Crippen LogP contribution in [0.2, 0.25) is 0 Å². The fourth-order valence-corrected chi connectivity index (χ4v) is 0. The number of hydrogen-bond donors (Lipinski definition) is 2. The largest absolute Gasteiger partial charge is 1.00 e. The molecule has 0 fully saturated rings. The van der Waals surface area contributed by atoms with Crippen LogP contribution in [-0.4, -0.2) is 16.4 Å². The van der Waals surface area contributed by atoms with Gasteiger partial charge in [-0.2, -0.15) is 0 Å². The molecule has 1 radical (unpaired) electrons. The van der Waals surface area contributed by atoms with Crippen molar-refractivity contribution in [3.05, 3.63) is 0 Å². The van der Waals surface area contributed by atoms with Gasteiger partial charge in [-0.3, -0.25) is 0 Å². The van der Waals surface area contributed by atoms with Crippen molar-refractivity contribution in [1.82, 2.24) is 0 Å². The molecule has 6 heavy (non-hydrogen) atoms. The Morgan fingerprint density at radius 2 is 1.50 bits per heavy atom. The molecule has 29 valence electrons. The van der Waals surface area contributed by atoms with E-state index in [2.05, 4.69) is 0 Å². The Kier molecular flexibility index (Phi) is 24.7. The Balaban J connectivity index is -0.0000000150. The van der Waals surface area contributed by atoms with Gasteiger partial charge in [0.05, 0.1) is 0 Å². The minimum atomic E-state index is -1.83. The molecule has 0 aliphatic rings. The summed E-state index contributed by atoms with van der Waals surface area (Å²) in [6, 6.07) is 0. The van der Waals surface area contributed by atoms with Gasteiger partial charge in [0.15, 0.2) is 0 Å². The maximum absolute atomic E-state index is 8.56. The molecule has 0 saturated carbocycles. The predicted molar refractivity (Wildman–Crippen MR) is 11.8 cm³/mol. The zero-order chi connectivity index (χ0) is 3.58. The van der Waals surface area contributed by atoms with Crippen LogP contribution in [0, 0.1) is 35.6 Å². The molecule has 0 saturated heterocycles. The molecular weight excluding hydrogens is 206 g/mol. The van der Waals surface area contributed by atoms with Crippen LogP contribution in [0.25, 0.3) is 0 Å². The van der Waals surface area contributed by atoms with Gasteiger partial charge in [-0.15, -0.1) is 0 Å². The minimum absolute atomic E-state index is 0. The third-order valence-corrected chi connectivity index (χ3v) is 0. The summed E-state index contributed by atoms with van der Waals surface area (Å²) in [6.07, 6.45) is -1.83. The second kappa shape index (κ2) is 9.41. The van der Waals surface area contributed by atoms with Crippen molar-refractivity contribution >= 4 is 6.16 Å². The molecule has 5 heteroatoms. The molecular formula is CH3LaLiO3. The molecule has 0 amide bonds. The van der Waals surface area contributed by atoms with Crippen molar-refractivity contribution in [2.45, 2.75) is 0 Å². The Morgan fingerprint density at radius 3 is 1.50 bits per heavy atom. The smallest absolute Gasteiger partial charge is 1.00 e.